The zero-order valence-corrected chi connectivity index (χ0v) is 14.5. The van der Waals surface area contributed by atoms with Gasteiger partial charge in [0.2, 0.25) is 5.91 Å². The van der Waals surface area contributed by atoms with E-state index in [-0.39, 0.29) is 23.8 Å². The number of hydrogen-bond acceptors (Lipinski definition) is 4. The van der Waals surface area contributed by atoms with Crippen molar-refractivity contribution in [2.75, 3.05) is 20.1 Å². The molecule has 1 fully saturated rings. The van der Waals surface area contributed by atoms with Gasteiger partial charge in [-0.2, -0.15) is 11.3 Å². The number of amides is 2. The highest BCUT2D eigenvalue weighted by molar-refractivity contribution is 7.08. The SMILES string of the molecule is CN(CC1CCCCC1O)C(=O)CCCNC(=O)c1ccsc1. The fourth-order valence-corrected chi connectivity index (χ4v) is 3.62. The van der Waals surface area contributed by atoms with Crippen LogP contribution in [0.5, 0.6) is 0 Å². The predicted molar refractivity (Wildman–Crippen MR) is 91.5 cm³/mol. The van der Waals surface area contributed by atoms with Crippen molar-refractivity contribution in [3.8, 4) is 0 Å². The van der Waals surface area contributed by atoms with Gasteiger partial charge in [-0.1, -0.05) is 12.8 Å². The van der Waals surface area contributed by atoms with Crippen LogP contribution in [0.2, 0.25) is 0 Å². The summed E-state index contributed by atoms with van der Waals surface area (Å²) >= 11 is 1.49. The highest BCUT2D eigenvalue weighted by Crippen LogP contribution is 2.25. The third kappa shape index (κ3) is 5.62. The van der Waals surface area contributed by atoms with Crippen molar-refractivity contribution >= 4 is 23.2 Å². The number of carbonyl (C=O) groups excluding carboxylic acids is 2. The topological polar surface area (TPSA) is 69.6 Å². The van der Waals surface area contributed by atoms with Crippen molar-refractivity contribution in [2.24, 2.45) is 5.92 Å². The molecule has 1 aromatic heterocycles. The van der Waals surface area contributed by atoms with Gasteiger partial charge in [-0.05, 0) is 30.7 Å². The van der Waals surface area contributed by atoms with Crippen molar-refractivity contribution in [3.05, 3.63) is 22.4 Å². The van der Waals surface area contributed by atoms with Crippen molar-refractivity contribution in [3.63, 3.8) is 0 Å². The van der Waals surface area contributed by atoms with Gasteiger partial charge in [0.1, 0.15) is 0 Å². The van der Waals surface area contributed by atoms with E-state index in [1.54, 1.807) is 18.0 Å². The van der Waals surface area contributed by atoms with Gasteiger partial charge in [0.05, 0.1) is 6.10 Å². The molecule has 1 aliphatic rings. The minimum Gasteiger partial charge on any atom is -0.393 e. The Bertz CT molecular complexity index is 504. The van der Waals surface area contributed by atoms with Crippen LogP contribution in [-0.2, 0) is 4.79 Å². The average molecular weight is 338 g/mol. The molecule has 2 atom stereocenters. The lowest BCUT2D eigenvalue weighted by Crippen LogP contribution is -2.38. The third-order valence-electron chi connectivity index (χ3n) is 4.44. The Hall–Kier alpha value is -1.40. The molecule has 0 radical (unpaired) electrons. The maximum Gasteiger partial charge on any atom is 0.252 e. The fraction of sp³-hybridized carbons (Fsp3) is 0.647. The van der Waals surface area contributed by atoms with Crippen LogP contribution in [0.25, 0.3) is 0 Å². The Morgan fingerprint density at radius 1 is 1.39 bits per heavy atom. The maximum atomic E-state index is 12.1. The molecular weight excluding hydrogens is 312 g/mol. The number of carbonyl (C=O) groups is 2. The summed E-state index contributed by atoms with van der Waals surface area (Å²) in [6, 6.07) is 1.79. The average Bonchev–Trinajstić information content (AvgIpc) is 3.07. The van der Waals surface area contributed by atoms with E-state index in [1.807, 2.05) is 10.8 Å². The number of thiophene rings is 1. The second-order valence-electron chi connectivity index (χ2n) is 6.26. The molecule has 1 saturated carbocycles. The van der Waals surface area contributed by atoms with Gasteiger partial charge in [-0.25, -0.2) is 0 Å². The Morgan fingerprint density at radius 3 is 2.87 bits per heavy atom. The van der Waals surface area contributed by atoms with E-state index < -0.39 is 0 Å². The molecule has 2 N–H and O–H groups in total. The van der Waals surface area contributed by atoms with Gasteiger partial charge >= 0.3 is 0 Å². The van der Waals surface area contributed by atoms with E-state index in [4.69, 9.17) is 0 Å². The number of nitrogens with one attached hydrogen (secondary N) is 1. The standard InChI is InChI=1S/C17H26N2O3S/c1-19(11-13-5-2-3-6-15(13)20)16(21)7-4-9-18-17(22)14-8-10-23-12-14/h8,10,12-13,15,20H,2-7,9,11H2,1H3,(H,18,22). The molecule has 128 valence electrons. The molecule has 0 aliphatic heterocycles. The number of nitrogens with zero attached hydrogens (tertiary/aromatic N) is 1. The van der Waals surface area contributed by atoms with E-state index >= 15 is 0 Å². The van der Waals surface area contributed by atoms with Crippen molar-refractivity contribution < 1.29 is 14.7 Å². The highest BCUT2D eigenvalue weighted by atomic mass is 32.1. The van der Waals surface area contributed by atoms with Gasteiger partial charge in [-0.15, -0.1) is 0 Å². The van der Waals surface area contributed by atoms with E-state index in [1.165, 1.54) is 11.3 Å². The summed E-state index contributed by atoms with van der Waals surface area (Å²) in [7, 11) is 1.80. The lowest BCUT2D eigenvalue weighted by Gasteiger charge is -2.31. The van der Waals surface area contributed by atoms with Crippen molar-refractivity contribution in [1.29, 1.82) is 0 Å². The van der Waals surface area contributed by atoms with Crippen LogP contribution in [0.15, 0.2) is 16.8 Å². The van der Waals surface area contributed by atoms with Crippen LogP contribution in [-0.4, -0.2) is 48.1 Å². The normalized spacial score (nSPS) is 21.0. The van der Waals surface area contributed by atoms with Gasteiger partial charge in [0.15, 0.2) is 0 Å². The Morgan fingerprint density at radius 2 is 2.17 bits per heavy atom. The van der Waals surface area contributed by atoms with Crippen LogP contribution >= 0.6 is 11.3 Å². The van der Waals surface area contributed by atoms with Gasteiger partial charge in [0.25, 0.3) is 5.91 Å². The summed E-state index contributed by atoms with van der Waals surface area (Å²) in [6.07, 6.45) is 4.84. The van der Waals surface area contributed by atoms with Crippen LogP contribution in [0.4, 0.5) is 0 Å². The predicted octanol–water partition coefficient (Wildman–Crippen LogP) is 2.27. The van der Waals surface area contributed by atoms with Crippen molar-refractivity contribution in [1.82, 2.24) is 10.2 Å². The minimum atomic E-state index is -0.274. The molecule has 6 heteroatoms. The lowest BCUT2D eigenvalue weighted by atomic mass is 9.86. The lowest BCUT2D eigenvalue weighted by molar-refractivity contribution is -0.131. The van der Waals surface area contributed by atoms with Crippen LogP contribution in [0, 0.1) is 5.92 Å². The molecule has 1 heterocycles. The first-order valence-corrected chi connectivity index (χ1v) is 9.24. The maximum absolute atomic E-state index is 12.1. The Balaban J connectivity index is 1.63. The summed E-state index contributed by atoms with van der Waals surface area (Å²) in [6.45, 7) is 1.13. The third-order valence-corrected chi connectivity index (χ3v) is 5.12. The smallest absolute Gasteiger partial charge is 0.252 e. The largest absolute Gasteiger partial charge is 0.393 e. The molecule has 2 rings (SSSR count). The number of aliphatic hydroxyl groups excluding tert-OH is 1. The number of rotatable bonds is 7. The highest BCUT2D eigenvalue weighted by Gasteiger charge is 2.25. The minimum absolute atomic E-state index is 0.0764. The summed E-state index contributed by atoms with van der Waals surface area (Å²) in [5.74, 6) is 0.195. The van der Waals surface area contributed by atoms with Crippen LogP contribution in [0.1, 0.15) is 48.9 Å². The molecule has 0 spiro atoms. The second-order valence-corrected chi connectivity index (χ2v) is 7.04. The van der Waals surface area contributed by atoms with E-state index in [0.29, 0.717) is 31.5 Å². The monoisotopic (exact) mass is 338 g/mol. The summed E-state index contributed by atoms with van der Waals surface area (Å²) in [4.78, 5) is 25.6. The van der Waals surface area contributed by atoms with E-state index in [0.717, 1.165) is 25.7 Å². The van der Waals surface area contributed by atoms with Gasteiger partial charge < -0.3 is 15.3 Å². The molecule has 2 unspecified atom stereocenters. The molecule has 2 amide bonds. The molecule has 0 saturated heterocycles. The fourth-order valence-electron chi connectivity index (χ4n) is 2.98. The van der Waals surface area contributed by atoms with Gasteiger partial charge in [-0.3, -0.25) is 9.59 Å². The number of aliphatic hydroxyl groups is 1. The summed E-state index contributed by atoms with van der Waals surface area (Å²) in [5.41, 5.74) is 0.671. The molecule has 0 bridgehead atoms. The van der Waals surface area contributed by atoms with Crippen LogP contribution in [0.3, 0.4) is 0 Å². The molecule has 23 heavy (non-hydrogen) atoms. The van der Waals surface area contributed by atoms with E-state index in [2.05, 4.69) is 5.32 Å². The molecule has 1 aliphatic carbocycles. The first-order chi connectivity index (χ1) is 11.1. The Labute approximate surface area is 141 Å². The summed E-state index contributed by atoms with van der Waals surface area (Å²) in [5, 5.41) is 16.5. The van der Waals surface area contributed by atoms with Crippen LogP contribution < -0.4 is 5.32 Å². The van der Waals surface area contributed by atoms with E-state index in [9.17, 15) is 14.7 Å². The first kappa shape index (κ1) is 17.9. The van der Waals surface area contributed by atoms with Gasteiger partial charge in [0, 0.05) is 43.4 Å². The molecular formula is C17H26N2O3S. The van der Waals surface area contributed by atoms with Crippen molar-refractivity contribution in [2.45, 2.75) is 44.6 Å². The Kier molecular flexibility index (Phi) is 7.05. The molecule has 0 aromatic carbocycles. The zero-order valence-electron chi connectivity index (χ0n) is 13.7. The first-order valence-electron chi connectivity index (χ1n) is 8.30. The zero-order chi connectivity index (χ0) is 16.7. The quantitative estimate of drug-likeness (QED) is 0.749. The molecule has 1 aromatic rings. The second kappa shape index (κ2) is 9.03. The molecule has 5 nitrogen and oxygen atoms in total. The summed E-state index contributed by atoms with van der Waals surface area (Å²) < 4.78 is 0. The number of hydrogen-bond donors (Lipinski definition) is 2.